The number of anilines is 1. The van der Waals surface area contributed by atoms with Gasteiger partial charge in [-0.1, -0.05) is 35.3 Å². The van der Waals surface area contributed by atoms with Gasteiger partial charge in [-0.3, -0.25) is 0 Å². The first-order valence-corrected chi connectivity index (χ1v) is 11.6. The highest BCUT2D eigenvalue weighted by Gasteiger charge is 2.44. The molecule has 2 heterocycles. The van der Waals surface area contributed by atoms with Crippen LogP contribution < -0.4 is 10.6 Å². The SMILES string of the molecule is CN1Cc2c(Cl)cc(Cl)cc2C(c2cccc(NC(=O)NC3C(O)O[C@H](CO)[C@@H](O)[C@@H]3O)c2)C1. The Morgan fingerprint density at radius 2 is 1.94 bits per heavy atom. The van der Waals surface area contributed by atoms with Crippen LogP contribution in [0.5, 0.6) is 0 Å². The average Bonchev–Trinajstić information content (AvgIpc) is 2.79. The molecule has 11 heteroatoms. The lowest BCUT2D eigenvalue weighted by Gasteiger charge is -2.40. The number of fused-ring (bicyclic) bond motifs is 1. The maximum absolute atomic E-state index is 12.6. The molecule has 0 spiro atoms. The molecule has 9 nitrogen and oxygen atoms in total. The molecular weight excluding hydrogens is 485 g/mol. The third-order valence-corrected chi connectivity index (χ3v) is 6.79. The van der Waals surface area contributed by atoms with Gasteiger partial charge >= 0.3 is 6.03 Å². The molecular formula is C23H27Cl2N3O6. The molecule has 6 N–H and O–H groups in total. The molecule has 1 fully saturated rings. The number of nitrogens with one attached hydrogen (secondary N) is 2. The van der Waals surface area contributed by atoms with Crippen LogP contribution in [0.3, 0.4) is 0 Å². The lowest BCUT2D eigenvalue weighted by Crippen LogP contribution is -2.64. The van der Waals surface area contributed by atoms with Crippen molar-refractivity contribution in [2.24, 2.45) is 0 Å². The molecule has 1 saturated heterocycles. The van der Waals surface area contributed by atoms with Gasteiger partial charge in [-0.15, -0.1) is 0 Å². The standard InChI is InChI=1S/C23H27Cl2N3O6/c1-28-8-15(14-6-12(24)7-17(25)16(14)9-28)11-3-2-4-13(5-11)26-23(33)27-19-21(31)20(30)18(10-29)34-22(19)32/h2-7,15,18-22,29-32H,8-10H2,1H3,(H2,26,27,33)/t15?,18-,19?,20-,21-,22?/m1/s1. The number of carbonyl (C=O) groups is 1. The Labute approximate surface area is 206 Å². The fraction of sp³-hybridized carbons (Fsp3) is 0.435. The van der Waals surface area contributed by atoms with Crippen molar-refractivity contribution in [3.05, 3.63) is 63.1 Å². The van der Waals surface area contributed by atoms with Crippen molar-refractivity contribution in [2.45, 2.75) is 43.1 Å². The molecule has 0 radical (unpaired) electrons. The van der Waals surface area contributed by atoms with E-state index in [2.05, 4.69) is 15.5 Å². The highest BCUT2D eigenvalue weighted by Crippen LogP contribution is 2.38. The predicted molar refractivity (Wildman–Crippen MR) is 127 cm³/mol. The Kier molecular flexibility index (Phi) is 7.66. The van der Waals surface area contributed by atoms with Crippen LogP contribution in [0.4, 0.5) is 10.5 Å². The van der Waals surface area contributed by atoms with E-state index >= 15 is 0 Å². The van der Waals surface area contributed by atoms with Gasteiger partial charge in [0.2, 0.25) is 0 Å². The molecule has 6 atom stereocenters. The van der Waals surface area contributed by atoms with Gasteiger partial charge in [0.25, 0.3) is 0 Å². The topological polar surface area (TPSA) is 135 Å². The predicted octanol–water partition coefficient (Wildman–Crippen LogP) is 1.49. The van der Waals surface area contributed by atoms with Crippen molar-refractivity contribution in [1.82, 2.24) is 10.2 Å². The zero-order chi connectivity index (χ0) is 24.6. The van der Waals surface area contributed by atoms with Gasteiger partial charge in [-0.05, 0) is 48.0 Å². The zero-order valence-electron chi connectivity index (χ0n) is 18.4. The Morgan fingerprint density at radius 1 is 1.18 bits per heavy atom. The van der Waals surface area contributed by atoms with E-state index in [-0.39, 0.29) is 5.92 Å². The van der Waals surface area contributed by atoms with Crippen LogP contribution in [0.15, 0.2) is 36.4 Å². The van der Waals surface area contributed by atoms with E-state index in [9.17, 15) is 25.2 Å². The van der Waals surface area contributed by atoms with Crippen molar-refractivity contribution in [3.63, 3.8) is 0 Å². The van der Waals surface area contributed by atoms with Gasteiger partial charge < -0.3 is 40.7 Å². The number of aliphatic hydroxyl groups is 4. The second kappa shape index (κ2) is 10.3. The molecule has 3 unspecified atom stereocenters. The highest BCUT2D eigenvalue weighted by molar-refractivity contribution is 6.35. The maximum Gasteiger partial charge on any atom is 0.319 e. The number of ether oxygens (including phenoxy) is 1. The number of rotatable bonds is 4. The third kappa shape index (κ3) is 5.17. The Morgan fingerprint density at radius 3 is 2.68 bits per heavy atom. The van der Waals surface area contributed by atoms with Crippen molar-refractivity contribution in [2.75, 3.05) is 25.5 Å². The number of benzene rings is 2. The van der Waals surface area contributed by atoms with Crippen LogP contribution in [0.2, 0.25) is 10.0 Å². The summed E-state index contributed by atoms with van der Waals surface area (Å²) in [4.78, 5) is 14.7. The normalized spacial score (nSPS) is 29.4. The molecule has 0 aromatic heterocycles. The van der Waals surface area contributed by atoms with E-state index in [4.69, 9.17) is 27.9 Å². The van der Waals surface area contributed by atoms with E-state index in [1.807, 2.05) is 31.3 Å². The minimum atomic E-state index is -1.60. The lowest BCUT2D eigenvalue weighted by atomic mass is 9.84. The van der Waals surface area contributed by atoms with E-state index in [1.165, 1.54) is 0 Å². The summed E-state index contributed by atoms with van der Waals surface area (Å²) in [6.07, 6.45) is -5.75. The molecule has 184 valence electrons. The molecule has 34 heavy (non-hydrogen) atoms. The maximum atomic E-state index is 12.6. The number of amides is 2. The van der Waals surface area contributed by atoms with Crippen LogP contribution in [-0.4, -0.2) is 82.2 Å². The molecule has 0 saturated carbocycles. The minimum Gasteiger partial charge on any atom is -0.394 e. The summed E-state index contributed by atoms with van der Waals surface area (Å²) in [6, 6.07) is 8.98. The van der Waals surface area contributed by atoms with Crippen molar-refractivity contribution in [3.8, 4) is 0 Å². The Bertz CT molecular complexity index is 1060. The second-order valence-electron chi connectivity index (χ2n) is 8.68. The van der Waals surface area contributed by atoms with Crippen LogP contribution in [0.1, 0.15) is 22.6 Å². The smallest absolute Gasteiger partial charge is 0.319 e. The van der Waals surface area contributed by atoms with Crippen molar-refractivity contribution in [1.29, 1.82) is 0 Å². The number of urea groups is 1. The second-order valence-corrected chi connectivity index (χ2v) is 9.53. The number of carbonyl (C=O) groups excluding carboxylic acids is 1. The van der Waals surface area contributed by atoms with Gasteiger partial charge in [0.1, 0.15) is 24.4 Å². The van der Waals surface area contributed by atoms with Crippen LogP contribution in [-0.2, 0) is 11.3 Å². The van der Waals surface area contributed by atoms with Crippen LogP contribution in [0.25, 0.3) is 0 Å². The first kappa shape index (κ1) is 25.2. The van der Waals surface area contributed by atoms with Crippen molar-refractivity contribution < 1.29 is 30.0 Å². The first-order chi connectivity index (χ1) is 16.2. The number of hydrogen-bond acceptors (Lipinski definition) is 7. The Hall–Kier alpha value is -1.95. The van der Waals surface area contributed by atoms with E-state index in [0.29, 0.717) is 22.3 Å². The quantitative estimate of drug-likeness (QED) is 0.366. The third-order valence-electron chi connectivity index (χ3n) is 6.24. The zero-order valence-corrected chi connectivity index (χ0v) is 19.9. The molecule has 4 rings (SSSR count). The van der Waals surface area contributed by atoms with Crippen LogP contribution >= 0.6 is 23.2 Å². The van der Waals surface area contributed by atoms with Gasteiger partial charge in [-0.2, -0.15) is 0 Å². The van der Waals surface area contributed by atoms with Crippen molar-refractivity contribution >= 4 is 34.9 Å². The molecule has 2 aromatic carbocycles. The minimum absolute atomic E-state index is 0.0179. The molecule has 2 aromatic rings. The highest BCUT2D eigenvalue weighted by atomic mass is 35.5. The fourth-order valence-corrected chi connectivity index (χ4v) is 5.10. The van der Waals surface area contributed by atoms with Gasteiger partial charge in [0.05, 0.1) is 6.61 Å². The largest absolute Gasteiger partial charge is 0.394 e. The van der Waals surface area contributed by atoms with Gasteiger partial charge in [0.15, 0.2) is 6.29 Å². The first-order valence-electron chi connectivity index (χ1n) is 10.8. The number of hydrogen-bond donors (Lipinski definition) is 6. The van der Waals surface area contributed by atoms with E-state index in [1.54, 1.807) is 12.1 Å². The lowest BCUT2D eigenvalue weighted by molar-refractivity contribution is -0.252. The molecule has 2 aliphatic rings. The summed E-state index contributed by atoms with van der Waals surface area (Å²) < 4.78 is 5.07. The summed E-state index contributed by atoms with van der Waals surface area (Å²) in [5.74, 6) is -0.0179. The number of halogens is 2. The fourth-order valence-electron chi connectivity index (χ4n) is 4.54. The number of nitrogens with zero attached hydrogens (tertiary/aromatic N) is 1. The van der Waals surface area contributed by atoms with E-state index < -0.39 is 43.3 Å². The summed E-state index contributed by atoms with van der Waals surface area (Å²) in [5, 5.41) is 45.8. The Balaban J connectivity index is 1.50. The monoisotopic (exact) mass is 511 g/mol. The number of aliphatic hydroxyl groups excluding tert-OH is 4. The molecule has 0 bridgehead atoms. The summed E-state index contributed by atoms with van der Waals surface area (Å²) in [5.41, 5.74) is 3.50. The van der Waals surface area contributed by atoms with E-state index in [0.717, 1.165) is 23.2 Å². The summed E-state index contributed by atoms with van der Waals surface area (Å²) >= 11 is 12.7. The van der Waals surface area contributed by atoms with Gasteiger partial charge in [-0.25, -0.2) is 4.79 Å². The van der Waals surface area contributed by atoms with Crippen LogP contribution in [0, 0.1) is 0 Å². The molecule has 2 aliphatic heterocycles. The molecule has 0 aliphatic carbocycles. The summed E-state index contributed by atoms with van der Waals surface area (Å²) in [6.45, 7) is 0.858. The van der Waals surface area contributed by atoms with Gasteiger partial charge in [0, 0.05) is 34.7 Å². The molecule has 2 amide bonds. The summed E-state index contributed by atoms with van der Waals surface area (Å²) in [7, 11) is 2.01. The average molecular weight is 512 g/mol. The number of likely N-dealkylation sites (N-methyl/N-ethyl adjacent to an activating group) is 1.